The predicted molar refractivity (Wildman–Crippen MR) is 76.2 cm³/mol. The van der Waals surface area contributed by atoms with Crippen molar-refractivity contribution in [2.45, 2.75) is 24.3 Å². The molecule has 3 N–H and O–H groups in total. The van der Waals surface area contributed by atoms with Crippen molar-refractivity contribution in [3.05, 3.63) is 24.0 Å². The number of thiocarbonyl (C=S) groups is 1. The second kappa shape index (κ2) is 6.38. The summed E-state index contributed by atoms with van der Waals surface area (Å²) in [5.41, 5.74) is 5.77. The molecule has 1 aromatic heterocycles. The lowest BCUT2D eigenvalue weighted by Crippen LogP contribution is -2.29. The molecule has 1 aromatic rings. The minimum absolute atomic E-state index is 0.0700. The first kappa shape index (κ1) is 16.0. The number of aliphatic hydroxyl groups excluding tert-OH is 1. The first-order valence-electron chi connectivity index (χ1n) is 5.65. The Kier molecular flexibility index (Phi) is 5.36. The molecule has 0 saturated heterocycles. The summed E-state index contributed by atoms with van der Waals surface area (Å²) in [6, 6.07) is 2.88. The average molecular weight is 303 g/mol. The fraction of sp³-hybridized carbons (Fsp3) is 0.455. The van der Waals surface area contributed by atoms with Gasteiger partial charge in [-0.25, -0.2) is 12.7 Å². The van der Waals surface area contributed by atoms with Gasteiger partial charge in [0.1, 0.15) is 9.88 Å². The fourth-order valence-corrected chi connectivity index (χ4v) is 2.60. The van der Waals surface area contributed by atoms with Crippen LogP contribution >= 0.6 is 12.2 Å². The lowest BCUT2D eigenvalue weighted by atomic mass is 10.3. The van der Waals surface area contributed by atoms with Gasteiger partial charge < -0.3 is 10.8 Å². The van der Waals surface area contributed by atoms with Gasteiger partial charge in [-0.15, -0.1) is 0 Å². The van der Waals surface area contributed by atoms with E-state index >= 15 is 0 Å². The average Bonchev–Trinajstić information content (AvgIpc) is 2.35. The van der Waals surface area contributed by atoms with Crippen LogP contribution in [0.1, 0.15) is 19.0 Å². The van der Waals surface area contributed by atoms with Crippen LogP contribution in [-0.4, -0.2) is 47.5 Å². The molecule has 0 amide bonds. The lowest BCUT2D eigenvalue weighted by molar-refractivity contribution is 0.177. The zero-order valence-electron chi connectivity index (χ0n) is 10.8. The van der Waals surface area contributed by atoms with E-state index in [0.29, 0.717) is 12.1 Å². The molecule has 0 bridgehead atoms. The van der Waals surface area contributed by atoms with E-state index in [1.807, 2.05) is 0 Å². The van der Waals surface area contributed by atoms with Crippen LogP contribution in [0.25, 0.3) is 0 Å². The summed E-state index contributed by atoms with van der Waals surface area (Å²) in [4.78, 5) is 4.09. The number of aliphatic hydroxyl groups is 1. The number of hydrogen-bond acceptors (Lipinski definition) is 5. The van der Waals surface area contributed by atoms with E-state index in [1.54, 1.807) is 6.92 Å². The largest absolute Gasteiger partial charge is 0.393 e. The van der Waals surface area contributed by atoms with Gasteiger partial charge in [-0.2, -0.15) is 0 Å². The second-order valence-electron chi connectivity index (χ2n) is 4.21. The molecule has 0 aliphatic heterocycles. The maximum Gasteiger partial charge on any atom is 0.244 e. The zero-order valence-corrected chi connectivity index (χ0v) is 12.4. The highest BCUT2D eigenvalue weighted by molar-refractivity contribution is 7.89. The molecule has 0 spiro atoms. The van der Waals surface area contributed by atoms with Gasteiger partial charge in [-0.1, -0.05) is 12.2 Å². The second-order valence-corrected chi connectivity index (χ2v) is 6.69. The Morgan fingerprint density at radius 1 is 1.58 bits per heavy atom. The predicted octanol–water partition coefficient (Wildman–Crippen LogP) is 0.107. The number of sulfonamides is 1. The van der Waals surface area contributed by atoms with Crippen molar-refractivity contribution in [1.29, 1.82) is 0 Å². The van der Waals surface area contributed by atoms with Gasteiger partial charge in [0.2, 0.25) is 10.0 Å². The Hall–Kier alpha value is -1.09. The van der Waals surface area contributed by atoms with Gasteiger partial charge in [0.05, 0.1) is 11.8 Å². The normalized spacial score (nSPS) is 13.5. The lowest BCUT2D eigenvalue weighted by Gasteiger charge is -2.17. The summed E-state index contributed by atoms with van der Waals surface area (Å²) < 4.78 is 25.5. The van der Waals surface area contributed by atoms with E-state index in [0.717, 1.165) is 0 Å². The first-order chi connectivity index (χ1) is 8.75. The molecule has 19 heavy (non-hydrogen) atoms. The highest BCUT2D eigenvalue weighted by atomic mass is 32.2. The summed E-state index contributed by atoms with van der Waals surface area (Å²) in [5.74, 6) is 0. The van der Waals surface area contributed by atoms with Crippen molar-refractivity contribution in [1.82, 2.24) is 9.29 Å². The maximum atomic E-state index is 12.2. The minimum Gasteiger partial charge on any atom is -0.393 e. The Bertz CT molecular complexity index is 541. The SMILES string of the molecule is CC(O)CCN(C)S(=O)(=O)c1ccc(C(N)=S)nc1. The molecule has 0 fully saturated rings. The van der Waals surface area contributed by atoms with Crippen LogP contribution in [0.4, 0.5) is 0 Å². The van der Waals surface area contributed by atoms with Crippen molar-refractivity contribution < 1.29 is 13.5 Å². The molecule has 1 unspecified atom stereocenters. The smallest absolute Gasteiger partial charge is 0.244 e. The van der Waals surface area contributed by atoms with Crippen LogP contribution in [0, 0.1) is 0 Å². The van der Waals surface area contributed by atoms with Crippen LogP contribution < -0.4 is 5.73 Å². The topological polar surface area (TPSA) is 96.5 Å². The molecule has 0 saturated carbocycles. The van der Waals surface area contributed by atoms with E-state index in [4.69, 9.17) is 18.0 Å². The third-order valence-corrected chi connectivity index (χ3v) is 4.61. The molecule has 106 valence electrons. The van der Waals surface area contributed by atoms with Gasteiger partial charge in [-0.3, -0.25) is 4.98 Å². The summed E-state index contributed by atoms with van der Waals surface area (Å²) in [6.45, 7) is 1.84. The van der Waals surface area contributed by atoms with E-state index in [-0.39, 0.29) is 16.4 Å². The van der Waals surface area contributed by atoms with Crippen molar-refractivity contribution in [2.75, 3.05) is 13.6 Å². The van der Waals surface area contributed by atoms with Crippen LogP contribution in [0.5, 0.6) is 0 Å². The van der Waals surface area contributed by atoms with Crippen molar-refractivity contribution in [3.8, 4) is 0 Å². The molecule has 8 heteroatoms. The van der Waals surface area contributed by atoms with Crippen molar-refractivity contribution in [3.63, 3.8) is 0 Å². The minimum atomic E-state index is -3.60. The van der Waals surface area contributed by atoms with E-state index in [9.17, 15) is 13.5 Å². The summed E-state index contributed by atoms with van der Waals surface area (Å²) in [6.07, 6.45) is 1.05. The molecular formula is C11H17N3O3S2. The Balaban J connectivity index is 2.90. The number of rotatable bonds is 6. The van der Waals surface area contributed by atoms with E-state index in [2.05, 4.69) is 4.98 Å². The molecule has 0 aliphatic rings. The summed E-state index contributed by atoms with van der Waals surface area (Å²) >= 11 is 4.75. The molecule has 1 rings (SSSR count). The number of nitrogens with two attached hydrogens (primary N) is 1. The maximum absolute atomic E-state index is 12.2. The number of nitrogens with zero attached hydrogens (tertiary/aromatic N) is 2. The van der Waals surface area contributed by atoms with Crippen LogP contribution in [0.15, 0.2) is 23.2 Å². The van der Waals surface area contributed by atoms with Gasteiger partial charge in [0.25, 0.3) is 0 Å². The molecular weight excluding hydrogens is 286 g/mol. The standard InChI is InChI=1S/C11H17N3O3S2/c1-8(15)5-6-14(2)19(16,17)9-3-4-10(11(12)18)13-7-9/h3-4,7-8,15H,5-6H2,1-2H3,(H2,12,18). The highest BCUT2D eigenvalue weighted by Gasteiger charge is 2.21. The van der Waals surface area contributed by atoms with Crippen LogP contribution in [0.2, 0.25) is 0 Å². The third-order valence-electron chi connectivity index (χ3n) is 2.56. The van der Waals surface area contributed by atoms with Crippen molar-refractivity contribution >= 4 is 27.2 Å². The van der Waals surface area contributed by atoms with Crippen LogP contribution in [0.3, 0.4) is 0 Å². The van der Waals surface area contributed by atoms with Gasteiger partial charge in [-0.05, 0) is 25.5 Å². The molecule has 6 nitrogen and oxygen atoms in total. The molecule has 0 aromatic carbocycles. The quantitative estimate of drug-likeness (QED) is 0.724. The Morgan fingerprint density at radius 3 is 2.63 bits per heavy atom. The van der Waals surface area contributed by atoms with Crippen LogP contribution in [-0.2, 0) is 10.0 Å². The third kappa shape index (κ3) is 4.20. The fourth-order valence-electron chi connectivity index (χ4n) is 1.35. The molecule has 1 heterocycles. The molecule has 1 atom stereocenters. The Morgan fingerprint density at radius 2 is 2.21 bits per heavy atom. The van der Waals surface area contributed by atoms with E-state index < -0.39 is 16.1 Å². The van der Waals surface area contributed by atoms with Gasteiger partial charge in [0.15, 0.2) is 0 Å². The first-order valence-corrected chi connectivity index (χ1v) is 7.50. The monoisotopic (exact) mass is 303 g/mol. The molecule has 0 aliphatic carbocycles. The van der Waals surface area contributed by atoms with Gasteiger partial charge in [0, 0.05) is 19.8 Å². The van der Waals surface area contributed by atoms with Gasteiger partial charge >= 0.3 is 0 Å². The van der Waals surface area contributed by atoms with Crippen molar-refractivity contribution in [2.24, 2.45) is 5.73 Å². The number of hydrogen-bond donors (Lipinski definition) is 2. The number of pyridine rings is 1. The Labute approximate surface area is 118 Å². The zero-order chi connectivity index (χ0) is 14.6. The summed E-state index contributed by atoms with van der Waals surface area (Å²) in [5, 5.41) is 9.17. The summed E-state index contributed by atoms with van der Waals surface area (Å²) in [7, 11) is -2.14. The highest BCUT2D eigenvalue weighted by Crippen LogP contribution is 2.14. The van der Waals surface area contributed by atoms with E-state index in [1.165, 1.54) is 29.7 Å². The molecule has 0 radical (unpaired) electrons. The number of aromatic nitrogens is 1.